The van der Waals surface area contributed by atoms with Crippen molar-refractivity contribution >= 4 is 5.78 Å². The fourth-order valence-electron chi connectivity index (χ4n) is 1.10. The third-order valence-corrected chi connectivity index (χ3v) is 2.08. The Balaban J connectivity index is 2.96. The van der Waals surface area contributed by atoms with E-state index >= 15 is 0 Å². The molecule has 0 amide bonds. The molecule has 1 aromatic rings. The van der Waals surface area contributed by atoms with Gasteiger partial charge in [-0.3, -0.25) is 9.78 Å². The van der Waals surface area contributed by atoms with Gasteiger partial charge in [-0.15, -0.1) is 0 Å². The monoisotopic (exact) mass is 213 g/mol. The van der Waals surface area contributed by atoms with Crippen LogP contribution in [0.4, 0.5) is 8.78 Å². The van der Waals surface area contributed by atoms with E-state index in [0.717, 1.165) is 5.56 Å². The van der Waals surface area contributed by atoms with E-state index in [4.69, 9.17) is 0 Å². The molecule has 0 saturated carbocycles. The molecule has 0 atom stereocenters. The van der Waals surface area contributed by atoms with Gasteiger partial charge in [-0.1, -0.05) is 26.8 Å². The molecule has 1 heterocycles. The first-order valence-electron chi connectivity index (χ1n) is 4.61. The van der Waals surface area contributed by atoms with E-state index < -0.39 is 12.2 Å². The van der Waals surface area contributed by atoms with Crippen LogP contribution < -0.4 is 0 Å². The van der Waals surface area contributed by atoms with Crippen molar-refractivity contribution in [1.82, 2.24) is 4.98 Å². The molecule has 2 nitrogen and oxygen atoms in total. The normalized spacial score (nSPS) is 11.9. The summed E-state index contributed by atoms with van der Waals surface area (Å²) in [5.41, 5.74) is 0.630. The summed E-state index contributed by atoms with van der Waals surface area (Å²) in [5, 5.41) is 0. The van der Waals surface area contributed by atoms with Gasteiger partial charge in [-0.2, -0.15) is 0 Å². The highest BCUT2D eigenvalue weighted by Gasteiger charge is 2.20. The molecule has 0 radical (unpaired) electrons. The zero-order valence-corrected chi connectivity index (χ0v) is 8.92. The first-order chi connectivity index (χ1) is 6.82. The predicted molar refractivity (Wildman–Crippen MR) is 53.3 cm³/mol. The standard InChI is InChI=1S/C11H13F2NO/c1-11(2,3)7-4-5-8(14-6-7)9(15)10(12)13/h4-6,10H,1-3H3. The molecule has 0 aliphatic heterocycles. The van der Waals surface area contributed by atoms with E-state index in [2.05, 4.69) is 4.98 Å². The van der Waals surface area contributed by atoms with Crippen LogP contribution in [0.2, 0.25) is 0 Å². The zero-order chi connectivity index (χ0) is 11.6. The molecule has 0 fully saturated rings. The molecule has 1 aromatic heterocycles. The van der Waals surface area contributed by atoms with Gasteiger partial charge in [0, 0.05) is 6.20 Å². The van der Waals surface area contributed by atoms with Crippen molar-refractivity contribution in [2.75, 3.05) is 0 Å². The van der Waals surface area contributed by atoms with Crippen LogP contribution in [0.15, 0.2) is 18.3 Å². The maximum Gasteiger partial charge on any atom is 0.302 e. The zero-order valence-electron chi connectivity index (χ0n) is 8.92. The van der Waals surface area contributed by atoms with Crippen LogP contribution in [0.3, 0.4) is 0 Å². The second kappa shape index (κ2) is 4.04. The topological polar surface area (TPSA) is 30.0 Å². The van der Waals surface area contributed by atoms with Crippen LogP contribution in [0.1, 0.15) is 36.8 Å². The molecule has 1 rings (SSSR count). The average molecular weight is 213 g/mol. The number of hydrogen-bond acceptors (Lipinski definition) is 2. The van der Waals surface area contributed by atoms with E-state index in [9.17, 15) is 13.6 Å². The van der Waals surface area contributed by atoms with E-state index in [1.54, 1.807) is 6.07 Å². The SMILES string of the molecule is CC(C)(C)c1ccc(C(=O)C(F)F)nc1. The molecule has 4 heteroatoms. The lowest BCUT2D eigenvalue weighted by atomic mass is 9.88. The lowest BCUT2D eigenvalue weighted by Crippen LogP contribution is -2.15. The Bertz CT molecular complexity index is 352. The minimum atomic E-state index is -2.99. The summed E-state index contributed by atoms with van der Waals surface area (Å²) in [6, 6.07) is 3.00. The highest BCUT2D eigenvalue weighted by molar-refractivity contribution is 5.96. The van der Waals surface area contributed by atoms with Crippen molar-refractivity contribution in [1.29, 1.82) is 0 Å². The molecular weight excluding hydrogens is 200 g/mol. The summed E-state index contributed by atoms with van der Waals surface area (Å²) in [7, 11) is 0. The van der Waals surface area contributed by atoms with E-state index in [1.807, 2.05) is 20.8 Å². The van der Waals surface area contributed by atoms with Crippen LogP contribution in [-0.2, 0) is 5.41 Å². The Morgan fingerprint density at radius 3 is 2.27 bits per heavy atom. The van der Waals surface area contributed by atoms with Gasteiger partial charge in [0.1, 0.15) is 5.69 Å². The van der Waals surface area contributed by atoms with Crippen molar-refractivity contribution in [3.8, 4) is 0 Å². The van der Waals surface area contributed by atoms with Gasteiger partial charge in [0.05, 0.1) is 0 Å². The summed E-state index contributed by atoms with van der Waals surface area (Å²) < 4.78 is 24.1. The van der Waals surface area contributed by atoms with Gasteiger partial charge < -0.3 is 0 Å². The van der Waals surface area contributed by atoms with Crippen LogP contribution in [0.25, 0.3) is 0 Å². The molecule has 82 valence electrons. The Morgan fingerprint density at radius 1 is 1.33 bits per heavy atom. The van der Waals surface area contributed by atoms with Crippen LogP contribution in [0, 0.1) is 0 Å². The van der Waals surface area contributed by atoms with Crippen LogP contribution in [0.5, 0.6) is 0 Å². The molecule has 0 aromatic carbocycles. The molecular formula is C11H13F2NO. The number of pyridine rings is 1. The number of aromatic nitrogens is 1. The van der Waals surface area contributed by atoms with Crippen molar-refractivity contribution < 1.29 is 13.6 Å². The molecule has 0 bridgehead atoms. The third kappa shape index (κ3) is 2.81. The number of hydrogen-bond donors (Lipinski definition) is 0. The van der Waals surface area contributed by atoms with Crippen molar-refractivity contribution in [2.45, 2.75) is 32.6 Å². The largest absolute Gasteiger partial charge is 0.302 e. The lowest BCUT2D eigenvalue weighted by molar-refractivity contribution is 0.0673. The quantitative estimate of drug-likeness (QED) is 0.707. The summed E-state index contributed by atoms with van der Waals surface area (Å²) in [5.74, 6) is -1.23. The Morgan fingerprint density at radius 2 is 1.93 bits per heavy atom. The minimum absolute atomic E-state index is 0.0978. The number of Topliss-reactive ketones (excluding diaryl/α,β-unsaturated/α-hetero) is 1. The second-order valence-electron chi connectivity index (χ2n) is 4.35. The number of ketones is 1. The summed E-state index contributed by atoms with van der Waals surface area (Å²) in [6.07, 6.45) is -1.52. The highest BCUT2D eigenvalue weighted by Crippen LogP contribution is 2.21. The summed E-state index contributed by atoms with van der Waals surface area (Å²) in [4.78, 5) is 14.6. The molecule has 0 spiro atoms. The first kappa shape index (κ1) is 11.8. The van der Waals surface area contributed by atoms with Crippen molar-refractivity contribution in [3.63, 3.8) is 0 Å². The summed E-state index contributed by atoms with van der Waals surface area (Å²) >= 11 is 0. The van der Waals surface area contributed by atoms with Gasteiger partial charge in [-0.25, -0.2) is 8.78 Å². The maximum atomic E-state index is 12.1. The molecule has 0 unspecified atom stereocenters. The van der Waals surface area contributed by atoms with Crippen LogP contribution in [-0.4, -0.2) is 17.2 Å². The van der Waals surface area contributed by atoms with Gasteiger partial charge in [0.25, 0.3) is 0 Å². The number of carbonyl (C=O) groups is 1. The van der Waals surface area contributed by atoms with E-state index in [-0.39, 0.29) is 11.1 Å². The number of rotatable bonds is 2. The molecule has 0 saturated heterocycles. The minimum Gasteiger partial charge on any atom is -0.286 e. The maximum absolute atomic E-state index is 12.1. The Labute approximate surface area is 87.3 Å². The molecule has 0 aliphatic carbocycles. The van der Waals surface area contributed by atoms with Crippen LogP contribution >= 0.6 is 0 Å². The van der Waals surface area contributed by atoms with Gasteiger partial charge in [0.15, 0.2) is 0 Å². The number of carbonyl (C=O) groups excluding carboxylic acids is 1. The molecule has 15 heavy (non-hydrogen) atoms. The highest BCUT2D eigenvalue weighted by atomic mass is 19.3. The van der Waals surface area contributed by atoms with Gasteiger partial charge >= 0.3 is 6.43 Å². The average Bonchev–Trinajstić information content (AvgIpc) is 2.15. The predicted octanol–water partition coefficient (Wildman–Crippen LogP) is 2.83. The summed E-state index contributed by atoms with van der Waals surface area (Å²) in [6.45, 7) is 5.95. The number of alkyl halides is 2. The smallest absolute Gasteiger partial charge is 0.286 e. The van der Waals surface area contributed by atoms with E-state index in [1.165, 1.54) is 12.3 Å². The second-order valence-corrected chi connectivity index (χ2v) is 4.35. The molecule has 0 aliphatic rings. The van der Waals surface area contributed by atoms with E-state index in [0.29, 0.717) is 0 Å². The Kier molecular flexibility index (Phi) is 3.17. The number of halogens is 2. The fraction of sp³-hybridized carbons (Fsp3) is 0.455. The molecule has 0 N–H and O–H groups in total. The number of nitrogens with zero attached hydrogens (tertiary/aromatic N) is 1. The fourth-order valence-corrected chi connectivity index (χ4v) is 1.10. The van der Waals surface area contributed by atoms with Gasteiger partial charge in [0.2, 0.25) is 5.78 Å². The van der Waals surface area contributed by atoms with Crippen molar-refractivity contribution in [3.05, 3.63) is 29.6 Å². The first-order valence-corrected chi connectivity index (χ1v) is 4.61. The van der Waals surface area contributed by atoms with Crippen molar-refractivity contribution in [2.24, 2.45) is 0 Å². The van der Waals surface area contributed by atoms with Gasteiger partial charge in [-0.05, 0) is 17.0 Å². The lowest BCUT2D eigenvalue weighted by Gasteiger charge is -2.18. The third-order valence-electron chi connectivity index (χ3n) is 2.08. The Hall–Kier alpha value is -1.32.